The van der Waals surface area contributed by atoms with E-state index in [-0.39, 0.29) is 5.97 Å². The predicted octanol–water partition coefficient (Wildman–Crippen LogP) is 6.50. The van der Waals surface area contributed by atoms with E-state index in [1.54, 1.807) is 28.2 Å². The Balaban J connectivity index is 1.44. The SMILES string of the molecule is CCOc1cc(-c2ccc(C(=O)OC)cc2)nn1CCOc1ccc(-c2cc(C)cs2)cc1Cl. The van der Waals surface area contributed by atoms with Crippen molar-refractivity contribution in [2.45, 2.75) is 20.4 Å². The molecule has 0 spiro atoms. The number of aromatic nitrogens is 2. The summed E-state index contributed by atoms with van der Waals surface area (Å²) in [6, 6.07) is 17.0. The Hall–Kier alpha value is -3.29. The molecule has 8 heteroatoms. The van der Waals surface area contributed by atoms with E-state index >= 15 is 0 Å². The average molecular weight is 497 g/mol. The van der Waals surface area contributed by atoms with Gasteiger partial charge in [-0.15, -0.1) is 11.3 Å². The summed E-state index contributed by atoms with van der Waals surface area (Å²) in [5.74, 6) is 0.900. The Bertz CT molecular complexity index is 1280. The molecule has 0 radical (unpaired) electrons. The molecule has 0 unspecified atom stereocenters. The van der Waals surface area contributed by atoms with Crippen LogP contribution in [0.1, 0.15) is 22.8 Å². The molecular formula is C26H25ClN2O4S. The highest BCUT2D eigenvalue weighted by Crippen LogP contribution is 2.33. The number of nitrogens with zero attached hydrogens (tertiary/aromatic N) is 2. The Morgan fingerprint density at radius 3 is 2.47 bits per heavy atom. The summed E-state index contributed by atoms with van der Waals surface area (Å²) >= 11 is 8.17. The Morgan fingerprint density at radius 1 is 1.06 bits per heavy atom. The number of hydrogen-bond acceptors (Lipinski definition) is 6. The first-order valence-corrected chi connectivity index (χ1v) is 12.1. The Morgan fingerprint density at radius 2 is 1.82 bits per heavy atom. The van der Waals surface area contributed by atoms with Crippen LogP contribution in [0.2, 0.25) is 5.02 Å². The lowest BCUT2D eigenvalue weighted by Gasteiger charge is -2.11. The van der Waals surface area contributed by atoms with E-state index in [2.05, 4.69) is 23.5 Å². The monoisotopic (exact) mass is 496 g/mol. The highest BCUT2D eigenvalue weighted by molar-refractivity contribution is 7.13. The quantitative estimate of drug-likeness (QED) is 0.247. The number of ether oxygens (including phenoxy) is 3. The molecule has 0 aliphatic heterocycles. The molecule has 0 N–H and O–H groups in total. The van der Waals surface area contributed by atoms with Gasteiger partial charge in [0.05, 0.1) is 36.5 Å². The van der Waals surface area contributed by atoms with Crippen LogP contribution >= 0.6 is 22.9 Å². The standard InChI is InChI=1S/C26H25ClN2O4S/c1-4-32-25-15-22(18-5-7-19(8-6-18)26(30)31-3)28-29(25)11-12-33-23-10-9-20(14-21(23)27)24-13-17(2)16-34-24/h5-10,13-16H,4,11-12H2,1-3H3. The Kier molecular flexibility index (Phi) is 7.55. The first-order valence-electron chi connectivity index (χ1n) is 10.9. The largest absolute Gasteiger partial charge is 0.490 e. The summed E-state index contributed by atoms with van der Waals surface area (Å²) < 4.78 is 18.2. The average Bonchev–Trinajstić information content (AvgIpc) is 3.46. The summed E-state index contributed by atoms with van der Waals surface area (Å²) in [4.78, 5) is 12.8. The molecule has 0 aliphatic carbocycles. The van der Waals surface area contributed by atoms with Crippen molar-refractivity contribution >= 4 is 28.9 Å². The molecule has 0 bridgehead atoms. The van der Waals surface area contributed by atoms with Crippen LogP contribution in [0.15, 0.2) is 60.0 Å². The van der Waals surface area contributed by atoms with Crippen molar-refractivity contribution in [1.82, 2.24) is 9.78 Å². The molecule has 2 aromatic carbocycles. The van der Waals surface area contributed by atoms with Crippen LogP contribution in [0.5, 0.6) is 11.6 Å². The van der Waals surface area contributed by atoms with E-state index in [1.165, 1.54) is 17.6 Å². The molecule has 2 heterocycles. The van der Waals surface area contributed by atoms with Crippen molar-refractivity contribution in [2.24, 2.45) is 0 Å². The number of aryl methyl sites for hydroxylation is 1. The lowest BCUT2D eigenvalue weighted by molar-refractivity contribution is 0.0600. The minimum atomic E-state index is -0.374. The van der Waals surface area contributed by atoms with Crippen LogP contribution in [0, 0.1) is 6.92 Å². The van der Waals surface area contributed by atoms with E-state index in [1.807, 2.05) is 43.3 Å². The lowest BCUT2D eigenvalue weighted by atomic mass is 10.1. The van der Waals surface area contributed by atoms with Gasteiger partial charge in [-0.1, -0.05) is 23.7 Å². The second-order valence-corrected chi connectivity index (χ2v) is 8.89. The number of methoxy groups -OCH3 is 1. The number of carbonyl (C=O) groups is 1. The summed E-state index contributed by atoms with van der Waals surface area (Å²) in [5, 5.41) is 7.36. The van der Waals surface area contributed by atoms with Crippen LogP contribution < -0.4 is 9.47 Å². The molecule has 0 atom stereocenters. The van der Waals surface area contributed by atoms with Gasteiger partial charge in [-0.2, -0.15) is 5.10 Å². The fourth-order valence-corrected chi connectivity index (χ4v) is 4.59. The van der Waals surface area contributed by atoms with Gasteiger partial charge in [0, 0.05) is 16.5 Å². The fourth-order valence-electron chi connectivity index (χ4n) is 3.46. The predicted molar refractivity (Wildman–Crippen MR) is 135 cm³/mol. The Labute approximate surface area is 207 Å². The van der Waals surface area contributed by atoms with Crippen molar-refractivity contribution in [3.05, 3.63) is 76.1 Å². The zero-order chi connectivity index (χ0) is 24.1. The maximum absolute atomic E-state index is 11.7. The molecule has 34 heavy (non-hydrogen) atoms. The fraction of sp³-hybridized carbons (Fsp3) is 0.231. The molecular weight excluding hydrogens is 472 g/mol. The van der Waals surface area contributed by atoms with Gasteiger partial charge >= 0.3 is 5.97 Å². The van der Waals surface area contributed by atoms with Crippen LogP contribution in [0.25, 0.3) is 21.7 Å². The first kappa shape index (κ1) is 23.9. The van der Waals surface area contributed by atoms with Crippen molar-refractivity contribution in [1.29, 1.82) is 0 Å². The maximum atomic E-state index is 11.7. The molecule has 0 saturated carbocycles. The van der Waals surface area contributed by atoms with Crippen molar-refractivity contribution < 1.29 is 19.0 Å². The minimum Gasteiger partial charge on any atom is -0.490 e. The number of carbonyl (C=O) groups excluding carboxylic acids is 1. The van der Waals surface area contributed by atoms with Gasteiger partial charge in [-0.3, -0.25) is 0 Å². The topological polar surface area (TPSA) is 62.6 Å². The van der Waals surface area contributed by atoms with Gasteiger partial charge in [0.25, 0.3) is 0 Å². The molecule has 0 amide bonds. The van der Waals surface area contributed by atoms with Crippen molar-refractivity contribution in [2.75, 3.05) is 20.3 Å². The van der Waals surface area contributed by atoms with E-state index < -0.39 is 0 Å². The van der Waals surface area contributed by atoms with E-state index in [0.29, 0.717) is 42.0 Å². The van der Waals surface area contributed by atoms with Crippen LogP contribution in [0.4, 0.5) is 0 Å². The van der Waals surface area contributed by atoms with Gasteiger partial charge in [-0.25, -0.2) is 9.48 Å². The minimum absolute atomic E-state index is 0.374. The lowest BCUT2D eigenvalue weighted by Crippen LogP contribution is -2.11. The zero-order valence-electron chi connectivity index (χ0n) is 19.2. The number of benzene rings is 2. The van der Waals surface area contributed by atoms with Gasteiger partial charge < -0.3 is 14.2 Å². The number of esters is 1. The molecule has 0 fully saturated rings. The van der Waals surface area contributed by atoms with Crippen molar-refractivity contribution in [3.8, 4) is 33.3 Å². The number of thiophene rings is 1. The molecule has 0 saturated heterocycles. The molecule has 4 rings (SSSR count). The van der Waals surface area contributed by atoms with Gasteiger partial charge in [0.15, 0.2) is 0 Å². The van der Waals surface area contributed by atoms with Crippen molar-refractivity contribution in [3.63, 3.8) is 0 Å². The summed E-state index contributed by atoms with van der Waals surface area (Å²) in [6.45, 7) is 5.38. The molecule has 4 aromatic rings. The number of hydrogen-bond donors (Lipinski definition) is 0. The summed E-state index contributed by atoms with van der Waals surface area (Å²) in [7, 11) is 1.36. The second-order valence-electron chi connectivity index (χ2n) is 7.57. The third kappa shape index (κ3) is 5.43. The van der Waals surface area contributed by atoms with Gasteiger partial charge in [-0.05, 0) is 66.8 Å². The number of rotatable bonds is 9. The third-order valence-electron chi connectivity index (χ3n) is 5.14. The smallest absolute Gasteiger partial charge is 0.337 e. The van der Waals surface area contributed by atoms with E-state index in [4.69, 9.17) is 25.8 Å². The van der Waals surface area contributed by atoms with Gasteiger partial charge in [0.1, 0.15) is 12.4 Å². The normalized spacial score (nSPS) is 10.8. The van der Waals surface area contributed by atoms with E-state index in [9.17, 15) is 4.79 Å². The molecule has 6 nitrogen and oxygen atoms in total. The van der Waals surface area contributed by atoms with Gasteiger partial charge in [0.2, 0.25) is 5.88 Å². The first-order chi connectivity index (χ1) is 16.5. The summed E-state index contributed by atoms with van der Waals surface area (Å²) in [5.41, 5.74) is 4.41. The molecule has 0 aliphatic rings. The second kappa shape index (κ2) is 10.8. The third-order valence-corrected chi connectivity index (χ3v) is 6.54. The van der Waals surface area contributed by atoms with Crippen LogP contribution in [0.3, 0.4) is 0 Å². The summed E-state index contributed by atoms with van der Waals surface area (Å²) in [6.07, 6.45) is 0. The molecule has 2 aromatic heterocycles. The highest BCUT2D eigenvalue weighted by atomic mass is 35.5. The number of halogens is 1. The highest BCUT2D eigenvalue weighted by Gasteiger charge is 2.13. The van der Waals surface area contributed by atoms with E-state index in [0.717, 1.165) is 16.8 Å². The van der Waals surface area contributed by atoms with Crippen LogP contribution in [-0.2, 0) is 11.3 Å². The molecule has 176 valence electrons. The van der Waals surface area contributed by atoms with Crippen LogP contribution in [-0.4, -0.2) is 36.1 Å². The zero-order valence-corrected chi connectivity index (χ0v) is 20.8. The maximum Gasteiger partial charge on any atom is 0.337 e.